The smallest absolute Gasteiger partial charge is 0.255 e. The van der Waals surface area contributed by atoms with Gasteiger partial charge in [-0.05, 0) is 31.2 Å². The van der Waals surface area contributed by atoms with Gasteiger partial charge in [-0.1, -0.05) is 23.7 Å². The fourth-order valence-electron chi connectivity index (χ4n) is 1.85. The van der Waals surface area contributed by atoms with Gasteiger partial charge in [0, 0.05) is 17.5 Å². The SMILES string of the molecule is Cc1cc(C(=O)Nc2ccccc2S(C)(=O)=O)cc(Cl)n1. The highest BCUT2D eigenvalue weighted by Crippen LogP contribution is 2.21. The van der Waals surface area contributed by atoms with Gasteiger partial charge < -0.3 is 5.32 Å². The number of hydrogen-bond acceptors (Lipinski definition) is 4. The fourth-order valence-corrected chi connectivity index (χ4v) is 2.94. The van der Waals surface area contributed by atoms with Crippen LogP contribution in [0.1, 0.15) is 16.1 Å². The lowest BCUT2D eigenvalue weighted by atomic mass is 10.2. The predicted molar refractivity (Wildman–Crippen MR) is 81.5 cm³/mol. The molecule has 0 aliphatic rings. The van der Waals surface area contributed by atoms with E-state index in [1.807, 2.05) is 0 Å². The first-order chi connectivity index (χ1) is 9.77. The van der Waals surface area contributed by atoms with Crippen molar-refractivity contribution in [3.05, 3.63) is 52.8 Å². The number of amides is 1. The number of benzene rings is 1. The standard InChI is InChI=1S/C14H13ClN2O3S/c1-9-7-10(8-13(15)16-9)14(18)17-11-5-3-4-6-12(11)21(2,19)20/h3-8H,1-2H3,(H,17,18). The summed E-state index contributed by atoms with van der Waals surface area (Å²) in [5.74, 6) is -0.446. The van der Waals surface area contributed by atoms with Gasteiger partial charge >= 0.3 is 0 Å². The maximum Gasteiger partial charge on any atom is 0.255 e. The average molecular weight is 325 g/mol. The van der Waals surface area contributed by atoms with Crippen LogP contribution in [0, 0.1) is 6.92 Å². The van der Waals surface area contributed by atoms with Gasteiger partial charge in [0.05, 0.1) is 10.6 Å². The van der Waals surface area contributed by atoms with Crippen LogP contribution < -0.4 is 5.32 Å². The van der Waals surface area contributed by atoms with E-state index in [0.717, 1.165) is 6.26 Å². The molecule has 1 aromatic heterocycles. The molecule has 0 aliphatic heterocycles. The predicted octanol–water partition coefficient (Wildman–Crippen LogP) is 2.70. The molecule has 1 heterocycles. The number of halogens is 1. The Hall–Kier alpha value is -1.92. The van der Waals surface area contributed by atoms with E-state index >= 15 is 0 Å². The van der Waals surface area contributed by atoms with Crippen molar-refractivity contribution in [3.63, 3.8) is 0 Å². The first-order valence-corrected chi connectivity index (χ1v) is 8.29. The molecule has 0 radical (unpaired) electrons. The second-order valence-electron chi connectivity index (χ2n) is 4.54. The molecule has 0 unspecified atom stereocenters. The van der Waals surface area contributed by atoms with Crippen molar-refractivity contribution in [1.29, 1.82) is 0 Å². The van der Waals surface area contributed by atoms with E-state index < -0.39 is 15.7 Å². The topological polar surface area (TPSA) is 76.1 Å². The minimum absolute atomic E-state index is 0.0650. The van der Waals surface area contributed by atoms with Crippen molar-refractivity contribution in [2.24, 2.45) is 0 Å². The van der Waals surface area contributed by atoms with Gasteiger partial charge in [0.25, 0.3) is 5.91 Å². The highest BCUT2D eigenvalue weighted by Gasteiger charge is 2.15. The number of carbonyl (C=O) groups is 1. The van der Waals surface area contributed by atoms with Gasteiger partial charge in [0.2, 0.25) is 0 Å². The minimum Gasteiger partial charge on any atom is -0.321 e. The van der Waals surface area contributed by atoms with Crippen LogP contribution in [0.2, 0.25) is 5.15 Å². The Morgan fingerprint density at radius 1 is 1.24 bits per heavy atom. The van der Waals surface area contributed by atoms with Gasteiger partial charge in [-0.15, -0.1) is 0 Å². The summed E-state index contributed by atoms with van der Waals surface area (Å²) in [4.78, 5) is 16.2. The summed E-state index contributed by atoms with van der Waals surface area (Å²) in [6.45, 7) is 1.72. The third-order valence-electron chi connectivity index (χ3n) is 2.72. The Bertz CT molecular complexity index is 783. The summed E-state index contributed by atoms with van der Waals surface area (Å²) in [7, 11) is -3.43. The minimum atomic E-state index is -3.43. The van der Waals surface area contributed by atoms with Crippen LogP contribution >= 0.6 is 11.6 Å². The lowest BCUT2D eigenvalue weighted by Crippen LogP contribution is -2.15. The molecule has 1 amide bonds. The van der Waals surface area contributed by atoms with Crippen LogP contribution in [0.15, 0.2) is 41.3 Å². The van der Waals surface area contributed by atoms with E-state index in [1.54, 1.807) is 25.1 Å². The zero-order chi connectivity index (χ0) is 15.6. The molecule has 0 atom stereocenters. The summed E-state index contributed by atoms with van der Waals surface area (Å²) in [5.41, 5.74) is 1.15. The Morgan fingerprint density at radius 2 is 1.90 bits per heavy atom. The van der Waals surface area contributed by atoms with E-state index in [1.165, 1.54) is 18.2 Å². The van der Waals surface area contributed by atoms with Crippen molar-refractivity contribution < 1.29 is 13.2 Å². The van der Waals surface area contributed by atoms with Crippen LogP contribution in [0.3, 0.4) is 0 Å². The number of nitrogens with one attached hydrogen (secondary N) is 1. The number of para-hydroxylation sites is 1. The summed E-state index contributed by atoms with van der Waals surface area (Å²) in [6, 6.07) is 9.21. The Kier molecular flexibility index (Phi) is 4.29. The number of nitrogens with zero attached hydrogens (tertiary/aromatic N) is 1. The third kappa shape index (κ3) is 3.80. The maximum atomic E-state index is 12.2. The molecule has 21 heavy (non-hydrogen) atoms. The van der Waals surface area contributed by atoms with Gasteiger partial charge in [-0.25, -0.2) is 13.4 Å². The van der Waals surface area contributed by atoms with Crippen LogP contribution in [-0.2, 0) is 9.84 Å². The van der Waals surface area contributed by atoms with Crippen molar-refractivity contribution in [3.8, 4) is 0 Å². The molecule has 0 saturated carbocycles. The first-order valence-electron chi connectivity index (χ1n) is 6.02. The number of anilines is 1. The summed E-state index contributed by atoms with van der Waals surface area (Å²) < 4.78 is 23.4. The molecule has 1 aromatic carbocycles. The van der Waals surface area contributed by atoms with Gasteiger partial charge in [-0.3, -0.25) is 4.79 Å². The second kappa shape index (κ2) is 5.83. The largest absolute Gasteiger partial charge is 0.321 e. The molecule has 0 bridgehead atoms. The number of aryl methyl sites for hydroxylation is 1. The number of aromatic nitrogens is 1. The molecule has 0 fully saturated rings. The normalized spacial score (nSPS) is 11.2. The number of rotatable bonds is 3. The van der Waals surface area contributed by atoms with Gasteiger partial charge in [0.15, 0.2) is 9.84 Å². The average Bonchev–Trinajstić information content (AvgIpc) is 2.37. The molecule has 0 spiro atoms. The molecule has 5 nitrogen and oxygen atoms in total. The lowest BCUT2D eigenvalue weighted by molar-refractivity contribution is 0.102. The van der Waals surface area contributed by atoms with E-state index in [9.17, 15) is 13.2 Å². The number of carbonyl (C=O) groups excluding carboxylic acids is 1. The van der Waals surface area contributed by atoms with E-state index in [4.69, 9.17) is 11.6 Å². The Labute approximate surface area is 127 Å². The molecule has 0 aliphatic carbocycles. The fraction of sp³-hybridized carbons (Fsp3) is 0.143. The summed E-state index contributed by atoms with van der Waals surface area (Å²) in [6.07, 6.45) is 1.09. The maximum absolute atomic E-state index is 12.2. The molecule has 110 valence electrons. The van der Waals surface area contributed by atoms with Crippen molar-refractivity contribution in [2.45, 2.75) is 11.8 Å². The van der Waals surface area contributed by atoms with Crippen molar-refractivity contribution >= 4 is 33.0 Å². The quantitative estimate of drug-likeness (QED) is 0.881. The molecule has 2 aromatic rings. The number of hydrogen-bond donors (Lipinski definition) is 1. The summed E-state index contributed by atoms with van der Waals surface area (Å²) in [5, 5.41) is 2.79. The summed E-state index contributed by atoms with van der Waals surface area (Å²) >= 11 is 5.81. The van der Waals surface area contributed by atoms with E-state index in [-0.39, 0.29) is 15.7 Å². The highest BCUT2D eigenvalue weighted by molar-refractivity contribution is 7.90. The molecule has 2 rings (SSSR count). The highest BCUT2D eigenvalue weighted by atomic mass is 35.5. The molecule has 7 heteroatoms. The third-order valence-corrected chi connectivity index (χ3v) is 4.07. The number of pyridine rings is 1. The molecular weight excluding hydrogens is 312 g/mol. The van der Waals surface area contributed by atoms with E-state index in [0.29, 0.717) is 11.3 Å². The first kappa shape index (κ1) is 15.5. The van der Waals surface area contributed by atoms with Crippen LogP contribution in [0.25, 0.3) is 0 Å². The Morgan fingerprint density at radius 3 is 2.52 bits per heavy atom. The van der Waals surface area contributed by atoms with Gasteiger partial charge in [-0.2, -0.15) is 0 Å². The lowest BCUT2D eigenvalue weighted by Gasteiger charge is -2.10. The van der Waals surface area contributed by atoms with Crippen molar-refractivity contribution in [2.75, 3.05) is 11.6 Å². The Balaban J connectivity index is 2.37. The monoisotopic (exact) mass is 324 g/mol. The van der Waals surface area contributed by atoms with Crippen molar-refractivity contribution in [1.82, 2.24) is 4.98 Å². The zero-order valence-corrected chi connectivity index (χ0v) is 13.0. The van der Waals surface area contributed by atoms with Crippen LogP contribution in [0.5, 0.6) is 0 Å². The molecule has 1 N–H and O–H groups in total. The van der Waals surface area contributed by atoms with Crippen LogP contribution in [-0.4, -0.2) is 25.6 Å². The number of sulfone groups is 1. The zero-order valence-electron chi connectivity index (χ0n) is 11.4. The van der Waals surface area contributed by atoms with Crippen LogP contribution in [0.4, 0.5) is 5.69 Å². The molecule has 0 saturated heterocycles. The van der Waals surface area contributed by atoms with Gasteiger partial charge in [0.1, 0.15) is 5.15 Å². The second-order valence-corrected chi connectivity index (χ2v) is 6.91. The van der Waals surface area contributed by atoms with E-state index in [2.05, 4.69) is 10.3 Å². The molecular formula is C14H13ClN2O3S.